The van der Waals surface area contributed by atoms with Crippen molar-refractivity contribution >= 4 is 23.5 Å². The quantitative estimate of drug-likeness (QED) is 0.467. The molecule has 0 radical (unpaired) electrons. The number of amides is 2. The van der Waals surface area contributed by atoms with E-state index >= 15 is 0 Å². The molecule has 1 atom stereocenters. The van der Waals surface area contributed by atoms with E-state index in [1.165, 1.54) is 0 Å². The summed E-state index contributed by atoms with van der Waals surface area (Å²) in [5.41, 5.74) is 2.15. The molecule has 38 heavy (non-hydrogen) atoms. The minimum absolute atomic E-state index is 0.130. The summed E-state index contributed by atoms with van der Waals surface area (Å²) in [7, 11) is 0. The van der Waals surface area contributed by atoms with Crippen molar-refractivity contribution in [2.24, 2.45) is 0 Å². The van der Waals surface area contributed by atoms with Crippen LogP contribution in [0.3, 0.4) is 0 Å². The van der Waals surface area contributed by atoms with Gasteiger partial charge in [-0.1, -0.05) is 78.9 Å². The first-order valence-corrected chi connectivity index (χ1v) is 13.2. The number of para-hydroxylation sites is 1. The van der Waals surface area contributed by atoms with Crippen molar-refractivity contribution in [1.29, 1.82) is 0 Å². The molecule has 7 nitrogen and oxygen atoms in total. The Kier molecular flexibility index (Phi) is 7.73. The second-order valence-corrected chi connectivity index (χ2v) is 9.96. The number of hydrogen-bond acceptors (Lipinski definition) is 5. The van der Waals surface area contributed by atoms with Crippen molar-refractivity contribution in [3.05, 3.63) is 102 Å². The van der Waals surface area contributed by atoms with Crippen molar-refractivity contribution in [2.45, 2.75) is 43.9 Å². The molecule has 7 heteroatoms. The third-order valence-corrected chi connectivity index (χ3v) is 7.60. The van der Waals surface area contributed by atoms with Crippen molar-refractivity contribution in [3.8, 4) is 0 Å². The van der Waals surface area contributed by atoms with E-state index in [1.807, 2.05) is 78.9 Å². The molecule has 3 aromatic carbocycles. The number of carbonyl (C=O) groups is 3. The summed E-state index contributed by atoms with van der Waals surface area (Å²) in [6.07, 6.45) is 1.50. The number of rotatable bonds is 8. The maximum atomic E-state index is 13.8. The van der Waals surface area contributed by atoms with Gasteiger partial charge in [0.25, 0.3) is 0 Å². The van der Waals surface area contributed by atoms with Crippen LogP contribution in [-0.4, -0.2) is 53.9 Å². The predicted octanol–water partition coefficient (Wildman–Crippen LogP) is 3.73. The molecule has 1 N–H and O–H groups in total. The van der Waals surface area contributed by atoms with Crippen LogP contribution in [0.2, 0.25) is 0 Å². The van der Waals surface area contributed by atoms with E-state index in [0.717, 1.165) is 16.8 Å². The Balaban J connectivity index is 1.30. The molecule has 3 aromatic rings. The molecule has 2 fully saturated rings. The smallest absolute Gasteiger partial charge is 0.308 e. The maximum absolute atomic E-state index is 13.8. The number of anilines is 1. The van der Waals surface area contributed by atoms with Crippen LogP contribution in [0.25, 0.3) is 0 Å². The molecule has 2 aliphatic rings. The number of ether oxygens (including phenoxy) is 1. The van der Waals surface area contributed by atoms with Gasteiger partial charge in [-0.25, -0.2) is 0 Å². The fraction of sp³-hybridized carbons (Fsp3) is 0.323. The van der Waals surface area contributed by atoms with Crippen molar-refractivity contribution in [3.63, 3.8) is 0 Å². The number of piperazine rings is 1. The maximum Gasteiger partial charge on any atom is 0.308 e. The zero-order valence-electron chi connectivity index (χ0n) is 21.4. The molecule has 196 valence electrons. The van der Waals surface area contributed by atoms with Gasteiger partial charge >= 0.3 is 5.97 Å². The molecule has 1 spiro atoms. The molecular weight excluding hydrogens is 478 g/mol. The van der Waals surface area contributed by atoms with Gasteiger partial charge in [-0.05, 0) is 42.5 Å². The van der Waals surface area contributed by atoms with Gasteiger partial charge in [0.05, 0.1) is 6.42 Å². The van der Waals surface area contributed by atoms with Crippen LogP contribution in [-0.2, 0) is 32.1 Å². The Labute approximate surface area is 223 Å². The minimum atomic E-state index is -0.931. The third kappa shape index (κ3) is 5.57. The number of nitrogens with zero attached hydrogens (tertiary/aromatic N) is 2. The molecule has 1 unspecified atom stereocenters. The van der Waals surface area contributed by atoms with Crippen LogP contribution >= 0.6 is 0 Å². The van der Waals surface area contributed by atoms with Gasteiger partial charge in [0, 0.05) is 25.3 Å². The summed E-state index contributed by atoms with van der Waals surface area (Å²) in [5.74, 6) is -0.908. The van der Waals surface area contributed by atoms with Crippen molar-refractivity contribution in [2.75, 3.05) is 24.5 Å². The zero-order chi connectivity index (χ0) is 26.4. The lowest BCUT2D eigenvalue weighted by Crippen LogP contribution is -2.73. The van der Waals surface area contributed by atoms with E-state index in [4.69, 9.17) is 4.74 Å². The molecule has 2 heterocycles. The molecular formula is C31H33N3O4. The van der Waals surface area contributed by atoms with Crippen LogP contribution in [0, 0.1) is 0 Å². The molecule has 2 amide bonds. The lowest BCUT2D eigenvalue weighted by molar-refractivity contribution is -0.162. The van der Waals surface area contributed by atoms with Gasteiger partial charge in [0.2, 0.25) is 11.8 Å². The van der Waals surface area contributed by atoms with Crippen LogP contribution in [0.5, 0.6) is 0 Å². The van der Waals surface area contributed by atoms with E-state index in [2.05, 4.69) is 22.3 Å². The van der Waals surface area contributed by atoms with Gasteiger partial charge in [0.15, 0.2) is 0 Å². The highest BCUT2D eigenvalue weighted by atomic mass is 16.5. The minimum Gasteiger partial charge on any atom is -0.461 e. The first-order chi connectivity index (χ1) is 18.5. The van der Waals surface area contributed by atoms with Crippen LogP contribution in [0.15, 0.2) is 91.0 Å². The molecule has 0 aromatic heterocycles. The van der Waals surface area contributed by atoms with Gasteiger partial charge in [-0.2, -0.15) is 0 Å². The number of benzene rings is 3. The van der Waals surface area contributed by atoms with Gasteiger partial charge < -0.3 is 19.9 Å². The Morgan fingerprint density at radius 1 is 0.842 bits per heavy atom. The number of carbonyl (C=O) groups excluding carboxylic acids is 3. The normalized spacial score (nSPS) is 18.8. The third-order valence-electron chi connectivity index (χ3n) is 7.60. The fourth-order valence-electron chi connectivity index (χ4n) is 5.46. The van der Waals surface area contributed by atoms with E-state index in [9.17, 15) is 14.4 Å². The number of piperidine rings is 1. The van der Waals surface area contributed by atoms with E-state index in [1.54, 1.807) is 4.90 Å². The first kappa shape index (κ1) is 25.5. The van der Waals surface area contributed by atoms with Gasteiger partial charge in [-0.3, -0.25) is 14.4 Å². The predicted molar refractivity (Wildman–Crippen MR) is 145 cm³/mol. The molecule has 0 saturated carbocycles. The van der Waals surface area contributed by atoms with E-state index in [0.29, 0.717) is 38.9 Å². The summed E-state index contributed by atoms with van der Waals surface area (Å²) in [6, 6.07) is 28.5. The molecule has 5 rings (SSSR count). The Bertz CT molecular complexity index is 1240. The zero-order valence-corrected chi connectivity index (χ0v) is 21.4. The molecule has 0 bridgehead atoms. The van der Waals surface area contributed by atoms with Crippen LogP contribution in [0.4, 0.5) is 5.69 Å². The van der Waals surface area contributed by atoms with Crippen LogP contribution in [0.1, 0.15) is 30.4 Å². The highest BCUT2D eigenvalue weighted by Crippen LogP contribution is 2.35. The Hall–Kier alpha value is -4.13. The summed E-state index contributed by atoms with van der Waals surface area (Å²) < 4.78 is 5.41. The highest BCUT2D eigenvalue weighted by molar-refractivity contribution is 6.01. The van der Waals surface area contributed by atoms with Crippen molar-refractivity contribution < 1.29 is 19.1 Å². The summed E-state index contributed by atoms with van der Waals surface area (Å²) in [4.78, 5) is 44.1. The summed E-state index contributed by atoms with van der Waals surface area (Å²) in [5, 5.41) is 2.89. The lowest BCUT2D eigenvalue weighted by atomic mass is 9.81. The lowest BCUT2D eigenvalue weighted by Gasteiger charge is -2.52. The SMILES string of the molecule is O=C(CC1NC(=O)C2(CCN(c3ccccc3)CC2)N(CCc2ccccc2)C1=O)OCc1ccccc1. The van der Waals surface area contributed by atoms with E-state index in [-0.39, 0.29) is 24.8 Å². The van der Waals surface area contributed by atoms with Gasteiger partial charge in [0.1, 0.15) is 18.2 Å². The molecule has 2 aliphatic heterocycles. The topological polar surface area (TPSA) is 79.0 Å². The average molecular weight is 512 g/mol. The molecule has 2 saturated heterocycles. The number of hydrogen-bond donors (Lipinski definition) is 1. The monoisotopic (exact) mass is 511 g/mol. The second kappa shape index (κ2) is 11.5. The average Bonchev–Trinajstić information content (AvgIpc) is 2.97. The first-order valence-electron chi connectivity index (χ1n) is 13.2. The van der Waals surface area contributed by atoms with Crippen molar-refractivity contribution in [1.82, 2.24) is 10.2 Å². The highest BCUT2D eigenvalue weighted by Gasteiger charge is 2.53. The second-order valence-electron chi connectivity index (χ2n) is 9.96. The number of nitrogens with one attached hydrogen (secondary N) is 1. The summed E-state index contributed by atoms with van der Waals surface area (Å²) >= 11 is 0. The standard InChI is InChI=1S/C31H33N3O4/c35-28(38-23-25-12-6-2-7-13-25)22-27-29(36)34(19-16-24-10-4-1-5-11-24)31(30(37)32-27)17-20-33(21-18-31)26-14-8-3-9-15-26/h1-15,27H,16-23H2,(H,32,37). The largest absolute Gasteiger partial charge is 0.461 e. The molecule has 0 aliphatic carbocycles. The van der Waals surface area contributed by atoms with Crippen LogP contribution < -0.4 is 10.2 Å². The number of esters is 1. The fourth-order valence-corrected chi connectivity index (χ4v) is 5.46. The Morgan fingerprint density at radius 3 is 2.05 bits per heavy atom. The van der Waals surface area contributed by atoms with Gasteiger partial charge in [-0.15, -0.1) is 0 Å². The summed E-state index contributed by atoms with van der Waals surface area (Å²) in [6.45, 7) is 1.87. The Morgan fingerprint density at radius 2 is 1.42 bits per heavy atom. The van der Waals surface area contributed by atoms with E-state index < -0.39 is 17.6 Å².